The third-order valence-electron chi connectivity index (χ3n) is 3.10. The normalized spacial score (nSPS) is 21.6. The van der Waals surface area contributed by atoms with E-state index >= 15 is 0 Å². The quantitative estimate of drug-likeness (QED) is 0.690. The first-order valence-corrected chi connectivity index (χ1v) is 5.31. The molecule has 1 aromatic rings. The molecule has 2 heteroatoms. The van der Waals surface area contributed by atoms with Gasteiger partial charge in [0.1, 0.15) is 0 Å². The van der Waals surface area contributed by atoms with Crippen LogP contribution in [0.4, 0.5) is 11.4 Å². The first kappa shape index (κ1) is 9.38. The smallest absolute Gasteiger partial charge is 0.0418 e. The van der Waals surface area contributed by atoms with Gasteiger partial charge >= 0.3 is 0 Å². The van der Waals surface area contributed by atoms with Crippen molar-refractivity contribution in [3.63, 3.8) is 0 Å². The van der Waals surface area contributed by atoms with Crippen molar-refractivity contribution in [3.8, 4) is 0 Å². The number of hydrogen-bond donors (Lipinski definition) is 1. The zero-order valence-corrected chi connectivity index (χ0v) is 8.96. The second kappa shape index (κ2) is 3.52. The van der Waals surface area contributed by atoms with Gasteiger partial charge in [-0.1, -0.05) is 6.07 Å². The van der Waals surface area contributed by atoms with Crippen molar-refractivity contribution in [3.05, 3.63) is 23.8 Å². The lowest BCUT2D eigenvalue weighted by Gasteiger charge is -2.25. The van der Waals surface area contributed by atoms with E-state index in [4.69, 9.17) is 5.73 Å². The Balaban J connectivity index is 2.34. The Labute approximate surface area is 85.7 Å². The highest BCUT2D eigenvalue weighted by Crippen LogP contribution is 2.29. The Bertz CT molecular complexity index is 333. The first-order chi connectivity index (χ1) is 6.68. The number of benzene rings is 1. The molecule has 1 aliphatic rings. The fourth-order valence-corrected chi connectivity index (χ4v) is 2.23. The summed E-state index contributed by atoms with van der Waals surface area (Å²) in [7, 11) is 0. The van der Waals surface area contributed by atoms with Crippen molar-refractivity contribution >= 4 is 11.4 Å². The summed E-state index contributed by atoms with van der Waals surface area (Å²) >= 11 is 0. The summed E-state index contributed by atoms with van der Waals surface area (Å²) in [6.07, 6.45) is 2.60. The molecule has 1 unspecified atom stereocenters. The highest BCUT2D eigenvalue weighted by molar-refractivity contribution is 5.61. The molecule has 0 spiro atoms. The summed E-state index contributed by atoms with van der Waals surface area (Å²) < 4.78 is 0. The summed E-state index contributed by atoms with van der Waals surface area (Å²) in [5, 5.41) is 0. The molecule has 14 heavy (non-hydrogen) atoms. The Hall–Kier alpha value is -1.18. The molecule has 1 fully saturated rings. The van der Waals surface area contributed by atoms with Gasteiger partial charge in [-0.15, -0.1) is 0 Å². The average Bonchev–Trinajstić information content (AvgIpc) is 2.56. The Morgan fingerprint density at radius 1 is 1.43 bits per heavy atom. The van der Waals surface area contributed by atoms with E-state index in [0.29, 0.717) is 6.04 Å². The third kappa shape index (κ3) is 1.57. The Morgan fingerprint density at radius 3 is 2.86 bits per heavy atom. The molecular weight excluding hydrogens is 172 g/mol. The number of hydrogen-bond acceptors (Lipinski definition) is 2. The van der Waals surface area contributed by atoms with Crippen LogP contribution >= 0.6 is 0 Å². The van der Waals surface area contributed by atoms with Crippen LogP contribution in [0.2, 0.25) is 0 Å². The number of nitrogens with zero attached hydrogens (tertiary/aromatic N) is 1. The molecule has 2 nitrogen and oxygen atoms in total. The van der Waals surface area contributed by atoms with Crippen LogP contribution in [-0.2, 0) is 0 Å². The zero-order valence-electron chi connectivity index (χ0n) is 8.96. The molecule has 2 N–H and O–H groups in total. The average molecular weight is 190 g/mol. The van der Waals surface area contributed by atoms with Crippen LogP contribution in [0.15, 0.2) is 18.2 Å². The molecule has 0 saturated carbocycles. The predicted octanol–water partition coefficient (Wildman–Crippen LogP) is 2.57. The topological polar surface area (TPSA) is 29.3 Å². The van der Waals surface area contributed by atoms with Gasteiger partial charge in [-0.3, -0.25) is 0 Å². The molecule has 0 aromatic heterocycles. The van der Waals surface area contributed by atoms with Gasteiger partial charge < -0.3 is 10.6 Å². The predicted molar refractivity (Wildman–Crippen MR) is 61.6 cm³/mol. The molecule has 0 aliphatic carbocycles. The van der Waals surface area contributed by atoms with Crippen LogP contribution in [0, 0.1) is 6.92 Å². The minimum Gasteiger partial charge on any atom is -0.399 e. The molecule has 76 valence electrons. The Kier molecular flexibility index (Phi) is 2.36. The van der Waals surface area contributed by atoms with Crippen molar-refractivity contribution in [1.82, 2.24) is 0 Å². The van der Waals surface area contributed by atoms with Gasteiger partial charge in [-0.2, -0.15) is 0 Å². The summed E-state index contributed by atoms with van der Waals surface area (Å²) in [4.78, 5) is 2.46. The van der Waals surface area contributed by atoms with E-state index in [2.05, 4.69) is 30.9 Å². The minimum absolute atomic E-state index is 0.662. The number of aryl methyl sites for hydroxylation is 1. The van der Waals surface area contributed by atoms with Crippen LogP contribution in [0.3, 0.4) is 0 Å². The van der Waals surface area contributed by atoms with Gasteiger partial charge in [0, 0.05) is 24.0 Å². The van der Waals surface area contributed by atoms with Gasteiger partial charge in [0.05, 0.1) is 0 Å². The van der Waals surface area contributed by atoms with Crippen LogP contribution in [-0.4, -0.2) is 12.6 Å². The lowest BCUT2D eigenvalue weighted by molar-refractivity contribution is 0.733. The number of nitrogen functional groups attached to an aromatic ring is 1. The van der Waals surface area contributed by atoms with E-state index in [0.717, 1.165) is 5.69 Å². The maximum absolute atomic E-state index is 5.81. The third-order valence-corrected chi connectivity index (χ3v) is 3.10. The highest BCUT2D eigenvalue weighted by Gasteiger charge is 2.21. The minimum atomic E-state index is 0.662. The van der Waals surface area contributed by atoms with E-state index < -0.39 is 0 Å². The van der Waals surface area contributed by atoms with Gasteiger partial charge in [-0.25, -0.2) is 0 Å². The second-order valence-corrected chi connectivity index (χ2v) is 4.23. The summed E-state index contributed by atoms with van der Waals surface area (Å²) in [5.41, 5.74) is 9.32. The number of anilines is 2. The van der Waals surface area contributed by atoms with E-state index in [1.54, 1.807) is 0 Å². The molecule has 2 rings (SSSR count). The van der Waals surface area contributed by atoms with Crippen LogP contribution < -0.4 is 10.6 Å². The molecule has 1 atom stereocenters. The van der Waals surface area contributed by atoms with Crippen LogP contribution in [0.5, 0.6) is 0 Å². The van der Waals surface area contributed by atoms with Crippen molar-refractivity contribution in [1.29, 1.82) is 0 Å². The summed E-state index contributed by atoms with van der Waals surface area (Å²) in [5.74, 6) is 0. The van der Waals surface area contributed by atoms with Gasteiger partial charge in [0.2, 0.25) is 0 Å². The lowest BCUT2D eigenvalue weighted by atomic mass is 10.1. The summed E-state index contributed by atoms with van der Waals surface area (Å²) in [6.45, 7) is 5.61. The van der Waals surface area contributed by atoms with Crippen molar-refractivity contribution in [2.24, 2.45) is 0 Å². The van der Waals surface area contributed by atoms with Crippen LogP contribution in [0.1, 0.15) is 25.3 Å². The van der Waals surface area contributed by atoms with Crippen molar-refractivity contribution in [2.75, 3.05) is 17.2 Å². The SMILES string of the molecule is Cc1ccc(N)cc1N1CCCC1C. The second-order valence-electron chi connectivity index (χ2n) is 4.23. The van der Waals surface area contributed by atoms with Gasteiger partial charge in [0.25, 0.3) is 0 Å². The van der Waals surface area contributed by atoms with Crippen molar-refractivity contribution in [2.45, 2.75) is 32.7 Å². The van der Waals surface area contributed by atoms with E-state index in [1.165, 1.54) is 30.6 Å². The molecule has 0 radical (unpaired) electrons. The molecular formula is C12H18N2. The molecule has 1 heterocycles. The molecule has 1 saturated heterocycles. The molecule has 0 amide bonds. The maximum Gasteiger partial charge on any atom is 0.0418 e. The van der Waals surface area contributed by atoms with Gasteiger partial charge in [0.15, 0.2) is 0 Å². The molecule has 1 aromatic carbocycles. The fourth-order valence-electron chi connectivity index (χ4n) is 2.23. The highest BCUT2D eigenvalue weighted by atomic mass is 15.2. The molecule has 0 bridgehead atoms. The van der Waals surface area contributed by atoms with Crippen LogP contribution in [0.25, 0.3) is 0 Å². The number of rotatable bonds is 1. The Morgan fingerprint density at radius 2 is 2.21 bits per heavy atom. The van der Waals surface area contributed by atoms with Gasteiger partial charge in [-0.05, 0) is 44.4 Å². The molecule has 1 aliphatic heterocycles. The number of nitrogens with two attached hydrogens (primary N) is 1. The fraction of sp³-hybridized carbons (Fsp3) is 0.500. The largest absolute Gasteiger partial charge is 0.399 e. The standard InChI is InChI=1S/C12H18N2/c1-9-5-6-11(13)8-12(9)14-7-3-4-10(14)2/h5-6,8,10H,3-4,7,13H2,1-2H3. The van der Waals surface area contributed by atoms with E-state index in [-0.39, 0.29) is 0 Å². The maximum atomic E-state index is 5.81. The summed E-state index contributed by atoms with van der Waals surface area (Å²) in [6, 6.07) is 6.84. The zero-order chi connectivity index (χ0) is 10.1. The first-order valence-electron chi connectivity index (χ1n) is 5.31. The van der Waals surface area contributed by atoms with E-state index in [9.17, 15) is 0 Å². The monoisotopic (exact) mass is 190 g/mol. The van der Waals surface area contributed by atoms with E-state index in [1.807, 2.05) is 6.07 Å². The lowest BCUT2D eigenvalue weighted by Crippen LogP contribution is -2.26. The van der Waals surface area contributed by atoms with Crippen molar-refractivity contribution < 1.29 is 0 Å².